The highest BCUT2D eigenvalue weighted by atomic mass is 32.1. The van der Waals surface area contributed by atoms with Gasteiger partial charge in [0.25, 0.3) is 0 Å². The summed E-state index contributed by atoms with van der Waals surface area (Å²) in [5, 5.41) is 13.1. The van der Waals surface area contributed by atoms with Gasteiger partial charge in [-0.05, 0) is 50.0 Å². The van der Waals surface area contributed by atoms with Crippen molar-refractivity contribution in [1.29, 1.82) is 0 Å². The Morgan fingerprint density at radius 3 is 2.43 bits per heavy atom. The number of carbonyl (C=O) groups is 1. The molecule has 0 aromatic carbocycles. The maximum absolute atomic E-state index is 12.8. The normalized spacial score (nSPS) is 23.9. The molecular formula is C17H24O3S. The van der Waals surface area contributed by atoms with Gasteiger partial charge in [-0.1, -0.05) is 25.3 Å². The molecule has 2 saturated carbocycles. The third-order valence-electron chi connectivity index (χ3n) is 4.98. The minimum absolute atomic E-state index is 0.000796. The Labute approximate surface area is 130 Å². The van der Waals surface area contributed by atoms with Crippen LogP contribution in [0.2, 0.25) is 0 Å². The predicted molar refractivity (Wildman–Crippen MR) is 83.1 cm³/mol. The highest BCUT2D eigenvalue weighted by molar-refractivity contribution is 7.10. The first-order valence-electron chi connectivity index (χ1n) is 8.18. The van der Waals surface area contributed by atoms with Crippen LogP contribution >= 0.6 is 11.3 Å². The number of carbonyl (C=O) groups excluding carboxylic acids is 1. The van der Waals surface area contributed by atoms with E-state index < -0.39 is 11.6 Å². The van der Waals surface area contributed by atoms with Gasteiger partial charge in [0, 0.05) is 10.8 Å². The van der Waals surface area contributed by atoms with Gasteiger partial charge in [0.1, 0.15) is 6.10 Å². The zero-order valence-electron chi connectivity index (χ0n) is 12.4. The van der Waals surface area contributed by atoms with Crippen molar-refractivity contribution in [2.45, 2.75) is 69.5 Å². The van der Waals surface area contributed by atoms with Gasteiger partial charge < -0.3 is 9.84 Å². The quantitative estimate of drug-likeness (QED) is 0.855. The molecule has 2 aliphatic rings. The molecule has 0 aliphatic heterocycles. The van der Waals surface area contributed by atoms with Crippen LogP contribution in [0.1, 0.15) is 62.7 Å². The van der Waals surface area contributed by atoms with Crippen LogP contribution in [0.15, 0.2) is 17.5 Å². The Kier molecular flexibility index (Phi) is 4.65. The molecule has 2 fully saturated rings. The molecule has 0 spiro atoms. The van der Waals surface area contributed by atoms with Crippen LogP contribution in [0, 0.1) is 5.92 Å². The third kappa shape index (κ3) is 3.02. The second-order valence-electron chi connectivity index (χ2n) is 6.39. The van der Waals surface area contributed by atoms with E-state index >= 15 is 0 Å². The third-order valence-corrected chi connectivity index (χ3v) is 5.97. The lowest BCUT2D eigenvalue weighted by Gasteiger charge is -2.33. The molecule has 3 rings (SSSR count). The van der Waals surface area contributed by atoms with Crippen molar-refractivity contribution in [2.75, 3.05) is 0 Å². The first-order chi connectivity index (χ1) is 10.2. The van der Waals surface area contributed by atoms with Crippen LogP contribution in [-0.2, 0) is 15.1 Å². The lowest BCUT2D eigenvalue weighted by atomic mass is 9.84. The second kappa shape index (κ2) is 6.49. The van der Waals surface area contributed by atoms with Crippen molar-refractivity contribution in [3.63, 3.8) is 0 Å². The van der Waals surface area contributed by atoms with E-state index in [2.05, 4.69) is 0 Å². The number of rotatable bonds is 4. The van der Waals surface area contributed by atoms with Gasteiger partial charge in [0.15, 0.2) is 5.60 Å². The Morgan fingerprint density at radius 2 is 1.81 bits per heavy atom. The Bertz CT molecular complexity index is 458. The van der Waals surface area contributed by atoms with E-state index in [0.717, 1.165) is 56.2 Å². The molecule has 0 unspecified atom stereocenters. The molecule has 0 bridgehead atoms. The van der Waals surface area contributed by atoms with Crippen molar-refractivity contribution in [1.82, 2.24) is 0 Å². The second-order valence-corrected chi connectivity index (χ2v) is 7.34. The van der Waals surface area contributed by atoms with Gasteiger partial charge in [0.2, 0.25) is 0 Å². The van der Waals surface area contributed by atoms with E-state index in [-0.39, 0.29) is 12.0 Å². The van der Waals surface area contributed by atoms with Gasteiger partial charge >= 0.3 is 5.97 Å². The smallest absolute Gasteiger partial charge is 0.344 e. The highest BCUT2D eigenvalue weighted by Crippen LogP contribution is 2.43. The van der Waals surface area contributed by atoms with E-state index in [1.54, 1.807) is 0 Å². The van der Waals surface area contributed by atoms with Crippen molar-refractivity contribution in [2.24, 2.45) is 5.92 Å². The zero-order valence-corrected chi connectivity index (χ0v) is 13.2. The molecule has 21 heavy (non-hydrogen) atoms. The lowest BCUT2D eigenvalue weighted by molar-refractivity contribution is -0.180. The van der Waals surface area contributed by atoms with Gasteiger partial charge in [-0.2, -0.15) is 0 Å². The molecule has 116 valence electrons. The summed E-state index contributed by atoms with van der Waals surface area (Å²) in [7, 11) is 0. The number of ether oxygens (including phenoxy) is 1. The van der Waals surface area contributed by atoms with Crippen LogP contribution in [0.3, 0.4) is 0 Å². The predicted octanol–water partition coefficient (Wildman–Crippen LogP) is 4.00. The summed E-state index contributed by atoms with van der Waals surface area (Å²) in [5.74, 6) is -0.406. The van der Waals surface area contributed by atoms with Gasteiger partial charge in [-0.15, -0.1) is 11.3 Å². The van der Waals surface area contributed by atoms with E-state index in [4.69, 9.17) is 4.74 Å². The number of esters is 1. The Balaban J connectivity index is 1.79. The molecule has 1 atom stereocenters. The van der Waals surface area contributed by atoms with Crippen LogP contribution in [0.25, 0.3) is 0 Å². The molecule has 1 aromatic heterocycles. The number of thiophene rings is 1. The maximum atomic E-state index is 12.8. The van der Waals surface area contributed by atoms with Gasteiger partial charge in [0.05, 0.1) is 0 Å². The molecule has 1 aromatic rings. The first-order valence-corrected chi connectivity index (χ1v) is 9.06. The fourth-order valence-electron chi connectivity index (χ4n) is 3.73. The van der Waals surface area contributed by atoms with Crippen LogP contribution in [-0.4, -0.2) is 17.2 Å². The summed E-state index contributed by atoms with van der Waals surface area (Å²) in [6.45, 7) is 0. The van der Waals surface area contributed by atoms with Crippen LogP contribution in [0.5, 0.6) is 0 Å². The average molecular weight is 308 g/mol. The van der Waals surface area contributed by atoms with E-state index in [1.165, 1.54) is 17.8 Å². The summed E-state index contributed by atoms with van der Waals surface area (Å²) in [6, 6.07) is 3.76. The molecule has 1 heterocycles. The zero-order chi connectivity index (χ0) is 14.7. The molecule has 4 heteroatoms. The van der Waals surface area contributed by atoms with Gasteiger partial charge in [-0.3, -0.25) is 0 Å². The van der Waals surface area contributed by atoms with Crippen LogP contribution in [0.4, 0.5) is 0 Å². The van der Waals surface area contributed by atoms with Crippen molar-refractivity contribution < 1.29 is 14.6 Å². The molecule has 3 nitrogen and oxygen atoms in total. The summed E-state index contributed by atoms with van der Waals surface area (Å²) in [5.41, 5.74) is -1.43. The number of aliphatic hydroxyl groups is 1. The van der Waals surface area contributed by atoms with E-state index in [0.29, 0.717) is 0 Å². The summed E-state index contributed by atoms with van der Waals surface area (Å²) >= 11 is 1.46. The Morgan fingerprint density at radius 1 is 1.14 bits per heavy atom. The van der Waals surface area contributed by atoms with E-state index in [1.807, 2.05) is 17.5 Å². The lowest BCUT2D eigenvalue weighted by Crippen LogP contribution is -2.44. The highest BCUT2D eigenvalue weighted by Gasteiger charge is 2.49. The molecular weight excluding hydrogens is 284 g/mol. The fraction of sp³-hybridized carbons (Fsp3) is 0.706. The molecule has 0 saturated heterocycles. The van der Waals surface area contributed by atoms with E-state index in [9.17, 15) is 9.90 Å². The first kappa shape index (κ1) is 15.0. The van der Waals surface area contributed by atoms with Crippen molar-refractivity contribution >= 4 is 17.3 Å². The van der Waals surface area contributed by atoms with Crippen molar-refractivity contribution in [3.8, 4) is 0 Å². The van der Waals surface area contributed by atoms with Crippen molar-refractivity contribution in [3.05, 3.63) is 22.4 Å². The SMILES string of the molecule is O=C(OC1CCCCC1)[C@](O)(c1cccs1)C1CCCC1. The number of hydrogen-bond donors (Lipinski definition) is 1. The number of hydrogen-bond acceptors (Lipinski definition) is 4. The molecule has 0 radical (unpaired) electrons. The monoisotopic (exact) mass is 308 g/mol. The molecule has 2 aliphatic carbocycles. The van der Waals surface area contributed by atoms with Crippen LogP contribution < -0.4 is 0 Å². The summed E-state index contributed by atoms with van der Waals surface area (Å²) in [4.78, 5) is 13.5. The topological polar surface area (TPSA) is 46.5 Å². The Hall–Kier alpha value is -0.870. The summed E-state index contributed by atoms with van der Waals surface area (Å²) in [6.07, 6.45) is 9.36. The van der Waals surface area contributed by atoms with Gasteiger partial charge in [-0.25, -0.2) is 4.79 Å². The molecule has 0 amide bonds. The minimum atomic E-state index is -1.43. The summed E-state index contributed by atoms with van der Waals surface area (Å²) < 4.78 is 5.71. The fourth-order valence-corrected chi connectivity index (χ4v) is 4.62. The average Bonchev–Trinajstić information content (AvgIpc) is 3.21. The molecule has 1 N–H and O–H groups in total. The standard InChI is InChI=1S/C17H24O3S/c18-16(20-14-9-2-1-3-10-14)17(19,13-7-4-5-8-13)15-11-6-12-21-15/h6,11-14,19H,1-5,7-10H2/t17-/m1/s1. The maximum Gasteiger partial charge on any atom is 0.344 e. The largest absolute Gasteiger partial charge is 0.460 e. The minimum Gasteiger partial charge on any atom is -0.460 e.